The van der Waals surface area contributed by atoms with Crippen molar-refractivity contribution in [3.8, 4) is 11.8 Å². The van der Waals surface area contributed by atoms with E-state index in [1.165, 1.54) is 16.9 Å². The summed E-state index contributed by atoms with van der Waals surface area (Å²) in [5.74, 6) is -0.696. The molecule has 0 saturated carbocycles. The van der Waals surface area contributed by atoms with Crippen molar-refractivity contribution >= 4 is 5.91 Å². The Kier molecular flexibility index (Phi) is 4.81. The SMILES string of the molecule is Cc1c(C(=O)NC(C)c2ccc(C#N)cc2)cnn1-c1ccccc1F. The molecule has 0 fully saturated rings. The Morgan fingerprint density at radius 3 is 2.58 bits per heavy atom. The first-order valence-electron chi connectivity index (χ1n) is 8.11. The van der Waals surface area contributed by atoms with Crippen molar-refractivity contribution in [3.05, 3.63) is 82.9 Å². The van der Waals surface area contributed by atoms with Gasteiger partial charge in [0.15, 0.2) is 0 Å². The Labute approximate surface area is 150 Å². The van der Waals surface area contributed by atoms with Crippen LogP contribution in [0.3, 0.4) is 0 Å². The number of nitrogens with zero attached hydrogens (tertiary/aromatic N) is 3. The first kappa shape index (κ1) is 17.4. The highest BCUT2D eigenvalue weighted by molar-refractivity contribution is 5.95. The van der Waals surface area contributed by atoms with Crippen LogP contribution in [0, 0.1) is 24.1 Å². The number of amides is 1. The molecule has 1 atom stereocenters. The van der Waals surface area contributed by atoms with Crippen LogP contribution in [0.15, 0.2) is 54.7 Å². The van der Waals surface area contributed by atoms with Gasteiger partial charge in [0.05, 0.1) is 35.1 Å². The molecule has 3 rings (SSSR count). The zero-order chi connectivity index (χ0) is 18.7. The number of carbonyl (C=O) groups excluding carboxylic acids is 1. The van der Waals surface area contributed by atoms with Crippen LogP contribution in [-0.2, 0) is 0 Å². The zero-order valence-electron chi connectivity index (χ0n) is 14.4. The fourth-order valence-corrected chi connectivity index (χ4v) is 2.70. The summed E-state index contributed by atoms with van der Waals surface area (Å²) in [6, 6.07) is 15.1. The largest absolute Gasteiger partial charge is 0.345 e. The maximum Gasteiger partial charge on any atom is 0.255 e. The Bertz CT molecular complexity index is 986. The average Bonchev–Trinajstić information content (AvgIpc) is 3.03. The molecule has 0 saturated heterocycles. The third-order valence-electron chi connectivity index (χ3n) is 4.22. The van der Waals surface area contributed by atoms with Gasteiger partial charge in [-0.3, -0.25) is 4.79 Å². The number of para-hydroxylation sites is 1. The number of halogens is 1. The van der Waals surface area contributed by atoms with Crippen LogP contribution >= 0.6 is 0 Å². The molecule has 0 aliphatic rings. The molecule has 6 heteroatoms. The molecule has 1 N–H and O–H groups in total. The van der Waals surface area contributed by atoms with Crippen LogP contribution < -0.4 is 5.32 Å². The van der Waals surface area contributed by atoms with Gasteiger partial charge in [0.25, 0.3) is 5.91 Å². The molecule has 1 unspecified atom stereocenters. The molecule has 0 spiro atoms. The maximum atomic E-state index is 14.0. The number of nitriles is 1. The molecule has 1 amide bonds. The van der Waals surface area contributed by atoms with Gasteiger partial charge >= 0.3 is 0 Å². The van der Waals surface area contributed by atoms with E-state index in [2.05, 4.69) is 16.5 Å². The first-order valence-corrected chi connectivity index (χ1v) is 8.11. The second-order valence-corrected chi connectivity index (χ2v) is 5.94. The predicted octanol–water partition coefficient (Wildman–Crippen LogP) is 3.68. The van der Waals surface area contributed by atoms with E-state index in [1.54, 1.807) is 49.4 Å². The fraction of sp³-hybridized carbons (Fsp3) is 0.150. The predicted molar refractivity (Wildman–Crippen MR) is 95.3 cm³/mol. The van der Waals surface area contributed by atoms with Gasteiger partial charge < -0.3 is 5.32 Å². The van der Waals surface area contributed by atoms with Crippen LogP contribution in [0.2, 0.25) is 0 Å². The first-order chi connectivity index (χ1) is 12.5. The van der Waals surface area contributed by atoms with Gasteiger partial charge in [0.2, 0.25) is 0 Å². The highest BCUT2D eigenvalue weighted by Gasteiger charge is 2.18. The number of rotatable bonds is 4. The van der Waals surface area contributed by atoms with Gasteiger partial charge in [-0.1, -0.05) is 24.3 Å². The van der Waals surface area contributed by atoms with Gasteiger partial charge in [-0.05, 0) is 43.7 Å². The lowest BCUT2D eigenvalue weighted by molar-refractivity contribution is 0.0939. The number of hydrogen-bond acceptors (Lipinski definition) is 3. The Morgan fingerprint density at radius 1 is 1.23 bits per heavy atom. The Morgan fingerprint density at radius 2 is 1.92 bits per heavy atom. The van der Waals surface area contributed by atoms with E-state index in [-0.39, 0.29) is 11.9 Å². The summed E-state index contributed by atoms with van der Waals surface area (Å²) in [6.07, 6.45) is 1.43. The van der Waals surface area contributed by atoms with E-state index >= 15 is 0 Å². The fourth-order valence-electron chi connectivity index (χ4n) is 2.70. The lowest BCUT2D eigenvalue weighted by Gasteiger charge is -2.14. The van der Waals surface area contributed by atoms with Gasteiger partial charge in [0, 0.05) is 0 Å². The van der Waals surface area contributed by atoms with Crippen molar-refractivity contribution in [1.82, 2.24) is 15.1 Å². The number of hydrogen-bond donors (Lipinski definition) is 1. The molecular formula is C20H17FN4O. The summed E-state index contributed by atoms with van der Waals surface area (Å²) in [5, 5.41) is 15.9. The van der Waals surface area contributed by atoms with Crippen molar-refractivity contribution in [3.63, 3.8) is 0 Å². The van der Waals surface area contributed by atoms with E-state index in [0.717, 1.165) is 5.56 Å². The van der Waals surface area contributed by atoms with Crippen LogP contribution in [0.1, 0.15) is 40.1 Å². The van der Waals surface area contributed by atoms with E-state index in [9.17, 15) is 9.18 Å². The van der Waals surface area contributed by atoms with Crippen molar-refractivity contribution in [1.29, 1.82) is 5.26 Å². The maximum absolute atomic E-state index is 14.0. The molecule has 0 aliphatic heterocycles. The molecule has 130 valence electrons. The third kappa shape index (κ3) is 3.33. The molecule has 2 aromatic carbocycles. The van der Waals surface area contributed by atoms with Gasteiger partial charge in [-0.2, -0.15) is 10.4 Å². The molecule has 5 nitrogen and oxygen atoms in total. The average molecular weight is 348 g/mol. The van der Waals surface area contributed by atoms with E-state index in [0.29, 0.717) is 22.5 Å². The minimum absolute atomic E-state index is 0.244. The van der Waals surface area contributed by atoms with E-state index in [4.69, 9.17) is 5.26 Å². The summed E-state index contributed by atoms with van der Waals surface area (Å²) in [7, 11) is 0. The van der Waals surface area contributed by atoms with Crippen LogP contribution in [0.25, 0.3) is 5.69 Å². The summed E-state index contributed by atoms with van der Waals surface area (Å²) in [4.78, 5) is 12.6. The lowest BCUT2D eigenvalue weighted by Crippen LogP contribution is -2.27. The molecule has 26 heavy (non-hydrogen) atoms. The van der Waals surface area contributed by atoms with Crippen molar-refractivity contribution in [2.75, 3.05) is 0 Å². The van der Waals surface area contributed by atoms with Gasteiger partial charge in [-0.15, -0.1) is 0 Å². The lowest BCUT2D eigenvalue weighted by atomic mass is 10.1. The second-order valence-electron chi connectivity index (χ2n) is 5.94. The van der Waals surface area contributed by atoms with Crippen LogP contribution in [0.5, 0.6) is 0 Å². The van der Waals surface area contributed by atoms with E-state index in [1.807, 2.05) is 6.92 Å². The number of benzene rings is 2. The quantitative estimate of drug-likeness (QED) is 0.782. The Balaban J connectivity index is 1.80. The third-order valence-corrected chi connectivity index (χ3v) is 4.22. The smallest absolute Gasteiger partial charge is 0.255 e. The highest BCUT2D eigenvalue weighted by atomic mass is 19.1. The van der Waals surface area contributed by atoms with Gasteiger partial charge in [-0.25, -0.2) is 9.07 Å². The standard InChI is InChI=1S/C20H17FN4O/c1-13(16-9-7-15(11-22)8-10-16)24-20(26)17-12-23-25(14(17)2)19-6-4-3-5-18(19)21/h3-10,12-13H,1-2H3,(H,24,26). The van der Waals surface area contributed by atoms with Gasteiger partial charge in [0.1, 0.15) is 11.5 Å². The van der Waals surface area contributed by atoms with Crippen molar-refractivity contribution in [2.24, 2.45) is 0 Å². The normalized spacial score (nSPS) is 11.6. The summed E-state index contributed by atoms with van der Waals surface area (Å²) in [6.45, 7) is 3.58. The molecule has 1 aromatic heterocycles. The summed E-state index contributed by atoms with van der Waals surface area (Å²) >= 11 is 0. The molecule has 1 heterocycles. The molecule has 0 bridgehead atoms. The highest BCUT2D eigenvalue weighted by Crippen LogP contribution is 2.19. The zero-order valence-corrected chi connectivity index (χ0v) is 14.4. The number of carbonyl (C=O) groups is 1. The summed E-state index contributed by atoms with van der Waals surface area (Å²) in [5.41, 5.74) is 2.68. The Hall–Kier alpha value is -3.46. The minimum Gasteiger partial charge on any atom is -0.345 e. The van der Waals surface area contributed by atoms with Crippen molar-refractivity contribution < 1.29 is 9.18 Å². The monoisotopic (exact) mass is 348 g/mol. The number of aromatic nitrogens is 2. The van der Waals surface area contributed by atoms with E-state index < -0.39 is 5.82 Å². The van der Waals surface area contributed by atoms with Crippen molar-refractivity contribution in [2.45, 2.75) is 19.9 Å². The summed E-state index contributed by atoms with van der Waals surface area (Å²) < 4.78 is 15.4. The van der Waals surface area contributed by atoms with Crippen LogP contribution in [0.4, 0.5) is 4.39 Å². The van der Waals surface area contributed by atoms with Crippen LogP contribution in [-0.4, -0.2) is 15.7 Å². The number of nitrogens with one attached hydrogen (secondary N) is 1. The topological polar surface area (TPSA) is 70.7 Å². The molecule has 3 aromatic rings. The molecular weight excluding hydrogens is 331 g/mol. The minimum atomic E-state index is -0.406. The molecule has 0 aliphatic carbocycles. The molecule has 0 radical (unpaired) electrons. The second kappa shape index (κ2) is 7.19.